The number of rotatable bonds is 5. The number of aromatic nitrogens is 5. The Kier molecular flexibility index (Phi) is 7.33. The maximum Gasteiger partial charge on any atom is 0.164 e. The van der Waals surface area contributed by atoms with Crippen LogP contribution in [0.15, 0.2) is 188 Å². The van der Waals surface area contributed by atoms with E-state index in [1.807, 2.05) is 11.3 Å². The van der Waals surface area contributed by atoms with Gasteiger partial charge in [-0.2, -0.15) is 0 Å². The van der Waals surface area contributed by atoms with Gasteiger partial charge in [-0.15, -0.1) is 11.3 Å². The van der Waals surface area contributed by atoms with Crippen molar-refractivity contribution in [3.63, 3.8) is 0 Å². The second-order valence-corrected chi connectivity index (χ2v) is 15.7. The predicted octanol–water partition coefficient (Wildman–Crippen LogP) is 13.7. The Bertz CT molecular complexity index is 3510. The van der Waals surface area contributed by atoms with Gasteiger partial charge >= 0.3 is 0 Å². The molecule has 0 radical (unpaired) electrons. The summed E-state index contributed by atoms with van der Waals surface area (Å²) in [6.07, 6.45) is 0. The first-order chi connectivity index (χ1) is 28.7. The third-order valence-electron chi connectivity index (χ3n) is 11.2. The van der Waals surface area contributed by atoms with Crippen molar-refractivity contribution < 1.29 is 0 Å². The number of para-hydroxylation sites is 2. The van der Waals surface area contributed by atoms with Gasteiger partial charge in [0, 0.05) is 59.6 Å². The number of thiophene rings is 1. The molecule has 0 unspecified atom stereocenters. The van der Waals surface area contributed by atoms with Crippen molar-refractivity contribution in [3.05, 3.63) is 188 Å². The van der Waals surface area contributed by atoms with Crippen molar-refractivity contribution >= 4 is 75.0 Å². The van der Waals surface area contributed by atoms with Gasteiger partial charge in [-0.3, -0.25) is 0 Å². The number of benzene rings is 8. The number of pyridine rings is 1. The zero-order valence-corrected chi connectivity index (χ0v) is 31.9. The molecule has 0 spiro atoms. The lowest BCUT2D eigenvalue weighted by Crippen LogP contribution is -2.01. The summed E-state index contributed by atoms with van der Waals surface area (Å²) >= 11 is 1.81. The van der Waals surface area contributed by atoms with Gasteiger partial charge in [-0.1, -0.05) is 140 Å². The van der Waals surface area contributed by atoms with Crippen LogP contribution < -0.4 is 0 Å². The lowest BCUT2D eigenvalue weighted by atomic mass is 10.0. The van der Waals surface area contributed by atoms with Crippen LogP contribution in [0.2, 0.25) is 0 Å². The van der Waals surface area contributed by atoms with E-state index in [1.165, 1.54) is 47.4 Å². The second-order valence-electron chi connectivity index (χ2n) is 14.6. The lowest BCUT2D eigenvalue weighted by Gasteiger charge is -2.12. The number of hydrogen-bond acceptors (Lipinski definition) is 5. The molecular formula is C52H31N5S. The summed E-state index contributed by atoms with van der Waals surface area (Å²) in [6.45, 7) is 0. The third-order valence-corrected chi connectivity index (χ3v) is 12.4. The molecule has 5 nitrogen and oxygen atoms in total. The molecule has 4 heterocycles. The van der Waals surface area contributed by atoms with Crippen LogP contribution in [0.1, 0.15) is 0 Å². The van der Waals surface area contributed by atoms with Crippen LogP contribution in [-0.2, 0) is 0 Å². The first-order valence-corrected chi connectivity index (χ1v) is 20.2. The molecular weight excluding hydrogens is 727 g/mol. The van der Waals surface area contributed by atoms with Crippen LogP contribution in [-0.4, -0.2) is 24.5 Å². The van der Waals surface area contributed by atoms with Gasteiger partial charge in [0.15, 0.2) is 17.5 Å². The van der Waals surface area contributed by atoms with E-state index in [4.69, 9.17) is 19.9 Å². The summed E-state index contributed by atoms with van der Waals surface area (Å²) in [7, 11) is 0. The average Bonchev–Trinajstić information content (AvgIpc) is 3.85. The fourth-order valence-corrected chi connectivity index (χ4v) is 9.62. The van der Waals surface area contributed by atoms with Crippen LogP contribution in [0, 0.1) is 0 Å². The Balaban J connectivity index is 0.983. The fourth-order valence-electron chi connectivity index (χ4n) is 8.43. The maximum absolute atomic E-state index is 5.32. The van der Waals surface area contributed by atoms with Crippen molar-refractivity contribution in [2.24, 2.45) is 0 Å². The van der Waals surface area contributed by atoms with E-state index in [1.54, 1.807) is 0 Å². The Morgan fingerprint density at radius 2 is 0.862 bits per heavy atom. The zero-order valence-electron chi connectivity index (χ0n) is 31.0. The van der Waals surface area contributed by atoms with Crippen LogP contribution in [0.3, 0.4) is 0 Å². The first kappa shape index (κ1) is 32.7. The minimum Gasteiger partial charge on any atom is -0.309 e. The predicted molar refractivity (Wildman–Crippen MR) is 242 cm³/mol. The van der Waals surface area contributed by atoms with E-state index < -0.39 is 0 Å². The maximum atomic E-state index is 5.32. The number of hydrogen-bond donors (Lipinski definition) is 0. The second kappa shape index (κ2) is 13.0. The van der Waals surface area contributed by atoms with Gasteiger partial charge in [-0.25, -0.2) is 19.9 Å². The number of fused-ring (bicyclic) bond motifs is 9. The molecule has 0 aliphatic rings. The van der Waals surface area contributed by atoms with Gasteiger partial charge in [0.05, 0.1) is 26.9 Å². The van der Waals surface area contributed by atoms with Crippen LogP contribution in [0.5, 0.6) is 0 Å². The molecule has 0 aliphatic heterocycles. The van der Waals surface area contributed by atoms with E-state index in [9.17, 15) is 0 Å². The van der Waals surface area contributed by atoms with Gasteiger partial charge in [0.2, 0.25) is 0 Å². The highest BCUT2D eigenvalue weighted by atomic mass is 32.1. The summed E-state index contributed by atoms with van der Waals surface area (Å²) in [5.74, 6) is 1.86. The van der Waals surface area contributed by atoms with Crippen LogP contribution in [0.4, 0.5) is 0 Å². The molecule has 0 bridgehead atoms. The molecule has 270 valence electrons. The average molecular weight is 758 g/mol. The largest absolute Gasteiger partial charge is 0.309 e. The van der Waals surface area contributed by atoms with Crippen molar-refractivity contribution in [1.29, 1.82) is 0 Å². The molecule has 12 aromatic rings. The molecule has 12 rings (SSSR count). The smallest absolute Gasteiger partial charge is 0.164 e. The zero-order chi connectivity index (χ0) is 38.2. The highest BCUT2D eigenvalue weighted by Gasteiger charge is 2.18. The van der Waals surface area contributed by atoms with Crippen LogP contribution >= 0.6 is 11.3 Å². The summed E-state index contributed by atoms with van der Waals surface area (Å²) in [5, 5.41) is 8.33. The summed E-state index contributed by atoms with van der Waals surface area (Å²) in [5.41, 5.74) is 9.24. The normalized spacial score (nSPS) is 11.8. The molecule has 0 amide bonds. The molecule has 0 fully saturated rings. The third kappa shape index (κ3) is 5.23. The molecule has 6 heteroatoms. The van der Waals surface area contributed by atoms with Crippen molar-refractivity contribution in [2.45, 2.75) is 0 Å². The Morgan fingerprint density at radius 1 is 0.362 bits per heavy atom. The van der Waals surface area contributed by atoms with Gasteiger partial charge in [0.1, 0.15) is 0 Å². The molecule has 4 aromatic heterocycles. The fraction of sp³-hybridized carbons (Fsp3) is 0. The molecule has 0 aliphatic carbocycles. The topological polar surface area (TPSA) is 56.5 Å². The van der Waals surface area contributed by atoms with Gasteiger partial charge in [-0.05, 0) is 59.3 Å². The SMILES string of the molecule is c1ccc2cc(-c3nc(-c4ccc(-c5nc6c7ccccc7sc6c6ccccc56)cc4)nc(-c4ccc(-n5c6ccccc6c6ccccc65)cc4)n3)ccc2c1. The van der Waals surface area contributed by atoms with Gasteiger partial charge < -0.3 is 4.57 Å². The monoisotopic (exact) mass is 757 g/mol. The molecule has 0 saturated carbocycles. The Hall–Kier alpha value is -7.54. The van der Waals surface area contributed by atoms with E-state index in [-0.39, 0.29) is 0 Å². The standard InChI is InChI=1S/C52H31N5S/c1-2-12-36-31-37(26-21-32(36)11-1)52-55-50(54-51(56-52)35-27-29-38(30-28-35)57-44-18-8-5-13-39(44)40-14-6-9-19-45(40)57)34-24-22-33(23-25-34)47-41-15-3-4-16-42(41)49-48(53-47)43-17-7-10-20-46(43)58-49/h1-31H. The molecule has 8 aromatic carbocycles. The number of nitrogens with zero attached hydrogens (tertiary/aromatic N) is 5. The van der Waals surface area contributed by atoms with Gasteiger partial charge in [0.25, 0.3) is 0 Å². The van der Waals surface area contributed by atoms with Crippen molar-refractivity contribution in [1.82, 2.24) is 24.5 Å². The minimum atomic E-state index is 0.614. The highest BCUT2D eigenvalue weighted by Crippen LogP contribution is 2.41. The van der Waals surface area contributed by atoms with Crippen molar-refractivity contribution in [3.8, 4) is 51.1 Å². The van der Waals surface area contributed by atoms with E-state index in [0.29, 0.717) is 17.5 Å². The van der Waals surface area contributed by atoms with E-state index in [0.717, 1.165) is 49.9 Å². The van der Waals surface area contributed by atoms with Crippen molar-refractivity contribution in [2.75, 3.05) is 0 Å². The quantitative estimate of drug-likeness (QED) is 0.175. The minimum absolute atomic E-state index is 0.614. The summed E-state index contributed by atoms with van der Waals surface area (Å²) in [4.78, 5) is 20.7. The summed E-state index contributed by atoms with van der Waals surface area (Å²) in [6, 6.07) is 66.1. The first-order valence-electron chi connectivity index (χ1n) is 19.4. The Morgan fingerprint density at radius 3 is 1.55 bits per heavy atom. The molecule has 0 saturated heterocycles. The summed E-state index contributed by atoms with van der Waals surface area (Å²) < 4.78 is 4.79. The lowest BCUT2D eigenvalue weighted by molar-refractivity contribution is 1.07. The van der Waals surface area contributed by atoms with Crippen LogP contribution in [0.25, 0.3) is 115 Å². The Labute approximate surface area is 337 Å². The highest BCUT2D eigenvalue weighted by molar-refractivity contribution is 7.26. The molecule has 0 atom stereocenters. The van der Waals surface area contributed by atoms with E-state index in [2.05, 4.69) is 193 Å². The van der Waals surface area contributed by atoms with E-state index >= 15 is 0 Å². The molecule has 0 N–H and O–H groups in total. The molecule has 58 heavy (non-hydrogen) atoms.